The topological polar surface area (TPSA) is 79.3 Å². The number of aromatic hydroxyl groups is 1. The minimum Gasteiger partial charge on any atom is -0.507 e. The molecule has 3 rings (SSSR count). The standard InChI is InChI=1S/C46H76N2O5/c1-18-21-22-46(27-32-25-35(40(4,5)6)37(49)36(26-32)41(7,8)9,38(50)52-33-28-42(10,11)47(23-19-2)43(12,13)29-33)39(51)53-34-30-44(14,15)48(24-20-3)45(16,17)31-34/h19-20,25-26,33-34,49H,2-3,18,21-24,27-31H2,1,4-17H3. The molecule has 2 fully saturated rings. The highest BCUT2D eigenvalue weighted by Gasteiger charge is 2.54. The molecule has 0 spiro atoms. The number of hydrogen-bond acceptors (Lipinski definition) is 7. The van der Waals surface area contributed by atoms with Crippen LogP contribution in [0.4, 0.5) is 0 Å². The van der Waals surface area contributed by atoms with Crippen LogP contribution in [-0.2, 0) is 36.3 Å². The monoisotopic (exact) mass is 737 g/mol. The molecule has 300 valence electrons. The van der Waals surface area contributed by atoms with E-state index in [1.807, 2.05) is 24.3 Å². The van der Waals surface area contributed by atoms with Gasteiger partial charge in [-0.2, -0.15) is 0 Å². The number of ether oxygens (including phenoxy) is 2. The summed E-state index contributed by atoms with van der Waals surface area (Å²) in [7, 11) is 0. The lowest BCUT2D eigenvalue weighted by atomic mass is 9.73. The zero-order chi connectivity index (χ0) is 40.6. The molecule has 53 heavy (non-hydrogen) atoms. The zero-order valence-corrected chi connectivity index (χ0v) is 36.4. The van der Waals surface area contributed by atoms with Gasteiger partial charge in [0.25, 0.3) is 0 Å². The van der Waals surface area contributed by atoms with E-state index in [0.29, 0.717) is 38.5 Å². The number of phenolic OH excluding ortho intramolecular Hbond substituents is 1. The Morgan fingerprint density at radius 3 is 1.36 bits per heavy atom. The first kappa shape index (κ1) is 44.8. The Balaban J connectivity index is 2.20. The highest BCUT2D eigenvalue weighted by molar-refractivity contribution is 6.00. The number of unbranched alkanes of at least 4 members (excludes halogenated alkanes) is 1. The van der Waals surface area contributed by atoms with E-state index in [-0.39, 0.29) is 57.4 Å². The van der Waals surface area contributed by atoms with Crippen LogP contribution in [0.15, 0.2) is 37.4 Å². The molecule has 2 aliphatic rings. The Bertz CT molecular complexity index is 1350. The number of benzene rings is 1. The number of piperidine rings is 2. The number of nitrogens with zero attached hydrogens (tertiary/aromatic N) is 2. The smallest absolute Gasteiger partial charge is 0.324 e. The van der Waals surface area contributed by atoms with Crippen molar-refractivity contribution < 1.29 is 24.2 Å². The highest BCUT2D eigenvalue weighted by atomic mass is 16.6. The fraction of sp³-hybridized carbons (Fsp3) is 0.739. The second kappa shape index (κ2) is 15.8. The second-order valence-corrected chi connectivity index (χ2v) is 20.8. The number of hydrogen-bond donors (Lipinski definition) is 1. The fourth-order valence-corrected chi connectivity index (χ4v) is 9.68. The van der Waals surface area contributed by atoms with Gasteiger partial charge in [0.1, 0.15) is 18.0 Å². The first-order valence-electron chi connectivity index (χ1n) is 20.1. The summed E-state index contributed by atoms with van der Waals surface area (Å²) < 4.78 is 13.2. The Kier molecular flexibility index (Phi) is 13.4. The van der Waals surface area contributed by atoms with Crippen LogP contribution in [0.25, 0.3) is 0 Å². The quantitative estimate of drug-likeness (QED) is 0.123. The lowest BCUT2D eigenvalue weighted by molar-refractivity contribution is -0.189. The van der Waals surface area contributed by atoms with Crippen LogP contribution >= 0.6 is 0 Å². The lowest BCUT2D eigenvalue weighted by Crippen LogP contribution is -2.63. The second-order valence-electron chi connectivity index (χ2n) is 20.8. The molecule has 1 aromatic rings. The number of rotatable bonds is 13. The third-order valence-electron chi connectivity index (χ3n) is 12.0. The SMILES string of the molecule is C=CCN1C(C)(C)CC(OC(=O)C(CCCC)(Cc2cc(C(C)(C)C)c(O)c(C(C)(C)C)c2)C(=O)OC2CC(C)(C)N(CC=C)C(C)(C)C2)CC1(C)C. The molecule has 0 unspecified atom stereocenters. The minimum absolute atomic E-state index is 0.126. The van der Waals surface area contributed by atoms with Crippen LogP contribution in [0.2, 0.25) is 0 Å². The normalized spacial score (nSPS) is 21.2. The van der Waals surface area contributed by atoms with Crippen molar-refractivity contribution in [1.29, 1.82) is 0 Å². The Labute approximate surface area is 324 Å². The maximum absolute atomic E-state index is 15.2. The first-order chi connectivity index (χ1) is 24.1. The lowest BCUT2D eigenvalue weighted by Gasteiger charge is -2.55. The third kappa shape index (κ3) is 9.97. The van der Waals surface area contributed by atoms with E-state index < -0.39 is 17.4 Å². The van der Waals surface area contributed by atoms with Gasteiger partial charge < -0.3 is 14.6 Å². The zero-order valence-electron chi connectivity index (χ0n) is 36.4. The first-order valence-corrected chi connectivity index (χ1v) is 20.1. The van der Waals surface area contributed by atoms with Crippen LogP contribution in [0.1, 0.15) is 165 Å². The summed E-state index contributed by atoms with van der Waals surface area (Å²) in [6, 6.07) is 3.98. The molecule has 0 atom stereocenters. The van der Waals surface area contributed by atoms with Gasteiger partial charge in [-0.3, -0.25) is 19.4 Å². The molecule has 1 N–H and O–H groups in total. The van der Waals surface area contributed by atoms with E-state index >= 15 is 9.59 Å². The summed E-state index contributed by atoms with van der Waals surface area (Å²) in [6.07, 6.45) is 7.56. The molecule has 7 nitrogen and oxygen atoms in total. The fourth-order valence-electron chi connectivity index (χ4n) is 9.68. The maximum atomic E-state index is 15.2. The molecule has 0 saturated carbocycles. The molecule has 0 aromatic heterocycles. The molecule has 0 radical (unpaired) electrons. The van der Waals surface area contributed by atoms with Gasteiger partial charge in [-0.25, -0.2) is 0 Å². The van der Waals surface area contributed by atoms with Crippen molar-refractivity contribution in [3.8, 4) is 5.75 Å². The van der Waals surface area contributed by atoms with Gasteiger partial charge in [0.05, 0.1) is 0 Å². The van der Waals surface area contributed by atoms with E-state index in [4.69, 9.17) is 9.47 Å². The van der Waals surface area contributed by atoms with Crippen molar-refractivity contribution in [3.05, 3.63) is 54.1 Å². The summed E-state index contributed by atoms with van der Waals surface area (Å²) in [5, 5.41) is 11.6. The van der Waals surface area contributed by atoms with Crippen molar-refractivity contribution in [1.82, 2.24) is 9.80 Å². The van der Waals surface area contributed by atoms with Gasteiger partial charge >= 0.3 is 11.9 Å². The van der Waals surface area contributed by atoms with Crippen LogP contribution in [0.5, 0.6) is 5.75 Å². The van der Waals surface area contributed by atoms with Gasteiger partial charge in [-0.05, 0) is 95.8 Å². The summed E-state index contributed by atoms with van der Waals surface area (Å²) >= 11 is 0. The highest BCUT2D eigenvalue weighted by Crippen LogP contribution is 2.46. The summed E-state index contributed by atoms with van der Waals surface area (Å²) in [4.78, 5) is 35.2. The number of phenols is 1. The Morgan fingerprint density at radius 2 is 1.08 bits per heavy atom. The van der Waals surface area contributed by atoms with Crippen LogP contribution < -0.4 is 0 Å². The predicted molar refractivity (Wildman–Crippen MR) is 220 cm³/mol. The molecule has 2 heterocycles. The number of carbonyl (C=O) groups excluding carboxylic acids is 2. The molecular formula is C46H76N2O5. The van der Waals surface area contributed by atoms with E-state index in [1.165, 1.54) is 0 Å². The average Bonchev–Trinajstić information content (AvgIpc) is 2.97. The van der Waals surface area contributed by atoms with Crippen molar-refractivity contribution in [2.75, 3.05) is 13.1 Å². The molecule has 2 aliphatic heterocycles. The molecule has 0 bridgehead atoms. The molecular weight excluding hydrogens is 661 g/mol. The summed E-state index contributed by atoms with van der Waals surface area (Å²) in [5.41, 5.74) is -0.949. The molecule has 0 aliphatic carbocycles. The van der Waals surface area contributed by atoms with Gasteiger partial charge in [-0.15, -0.1) is 13.2 Å². The summed E-state index contributed by atoms with van der Waals surface area (Å²) in [5.74, 6) is -0.741. The van der Waals surface area contributed by atoms with E-state index in [2.05, 4.69) is 127 Å². The molecule has 2 saturated heterocycles. The van der Waals surface area contributed by atoms with Crippen molar-refractivity contribution in [2.24, 2.45) is 5.41 Å². The van der Waals surface area contributed by atoms with Crippen molar-refractivity contribution >= 4 is 11.9 Å². The van der Waals surface area contributed by atoms with Gasteiger partial charge in [0.2, 0.25) is 0 Å². The van der Waals surface area contributed by atoms with E-state index in [1.54, 1.807) is 0 Å². The summed E-state index contributed by atoms with van der Waals surface area (Å²) in [6.45, 7) is 41.6. The minimum atomic E-state index is -1.57. The van der Waals surface area contributed by atoms with Crippen LogP contribution in [-0.4, -0.2) is 74.3 Å². The third-order valence-corrected chi connectivity index (χ3v) is 12.0. The van der Waals surface area contributed by atoms with E-state index in [0.717, 1.165) is 36.2 Å². The number of esters is 2. The average molecular weight is 737 g/mol. The number of carbonyl (C=O) groups is 2. The van der Waals surface area contributed by atoms with Crippen molar-refractivity contribution in [3.63, 3.8) is 0 Å². The number of likely N-dealkylation sites (tertiary alicyclic amines) is 2. The van der Waals surface area contributed by atoms with Gasteiger partial charge in [-0.1, -0.05) is 85.6 Å². The maximum Gasteiger partial charge on any atom is 0.324 e. The Morgan fingerprint density at radius 1 is 0.736 bits per heavy atom. The van der Waals surface area contributed by atoms with Crippen molar-refractivity contribution in [2.45, 2.75) is 200 Å². The molecule has 7 heteroatoms. The predicted octanol–water partition coefficient (Wildman–Crippen LogP) is 10.2. The van der Waals surface area contributed by atoms with E-state index in [9.17, 15) is 5.11 Å². The van der Waals surface area contributed by atoms with Crippen LogP contribution in [0, 0.1) is 5.41 Å². The van der Waals surface area contributed by atoms with Gasteiger partial charge in [0.15, 0.2) is 5.41 Å². The largest absolute Gasteiger partial charge is 0.507 e. The Hall–Kier alpha value is -2.64. The molecule has 0 amide bonds. The molecule has 1 aromatic carbocycles. The van der Waals surface area contributed by atoms with Gasteiger partial charge in [0, 0.05) is 60.9 Å². The van der Waals surface area contributed by atoms with Crippen LogP contribution in [0.3, 0.4) is 0 Å².